The topological polar surface area (TPSA) is 41.1 Å². The number of nitrogens with one attached hydrogen (secondary N) is 2. The standard InChI is InChI=1S/C14H20N2O/c1-14(2)8-12(16-13(17)9-15-3)10-6-4-5-7-11(10)14/h4-7,12,15H,8-9H2,1-3H3,(H,16,17). The van der Waals surface area contributed by atoms with Crippen molar-refractivity contribution in [2.75, 3.05) is 13.6 Å². The second-order valence-corrected chi connectivity index (χ2v) is 5.33. The van der Waals surface area contributed by atoms with Crippen LogP contribution in [0.2, 0.25) is 0 Å². The number of benzene rings is 1. The average molecular weight is 232 g/mol. The SMILES string of the molecule is CNCC(=O)NC1CC(C)(C)c2ccccc21. The second kappa shape index (κ2) is 4.49. The molecule has 1 aliphatic carbocycles. The van der Waals surface area contributed by atoms with Gasteiger partial charge in [-0.3, -0.25) is 4.79 Å². The fourth-order valence-electron chi connectivity index (χ4n) is 2.68. The minimum absolute atomic E-state index is 0.0602. The van der Waals surface area contributed by atoms with E-state index in [4.69, 9.17) is 0 Å². The van der Waals surface area contributed by atoms with Crippen LogP contribution in [0.1, 0.15) is 37.4 Å². The third-order valence-electron chi connectivity index (χ3n) is 3.45. The molecule has 0 aliphatic heterocycles. The molecule has 3 nitrogen and oxygen atoms in total. The van der Waals surface area contributed by atoms with E-state index in [-0.39, 0.29) is 17.4 Å². The third kappa shape index (κ3) is 2.34. The van der Waals surface area contributed by atoms with Gasteiger partial charge in [0.25, 0.3) is 0 Å². The van der Waals surface area contributed by atoms with Gasteiger partial charge >= 0.3 is 0 Å². The van der Waals surface area contributed by atoms with E-state index >= 15 is 0 Å². The fraction of sp³-hybridized carbons (Fsp3) is 0.500. The van der Waals surface area contributed by atoms with E-state index in [0.29, 0.717) is 6.54 Å². The molecule has 0 fully saturated rings. The van der Waals surface area contributed by atoms with Gasteiger partial charge in [-0.2, -0.15) is 0 Å². The van der Waals surface area contributed by atoms with E-state index in [2.05, 4.69) is 42.7 Å². The van der Waals surface area contributed by atoms with Crippen molar-refractivity contribution in [1.82, 2.24) is 10.6 Å². The number of amides is 1. The van der Waals surface area contributed by atoms with Crippen molar-refractivity contribution < 1.29 is 4.79 Å². The lowest BCUT2D eigenvalue weighted by Gasteiger charge is -2.19. The van der Waals surface area contributed by atoms with Gasteiger partial charge in [0, 0.05) is 0 Å². The highest BCUT2D eigenvalue weighted by Crippen LogP contribution is 2.44. The number of carbonyl (C=O) groups is 1. The highest BCUT2D eigenvalue weighted by atomic mass is 16.1. The van der Waals surface area contributed by atoms with Gasteiger partial charge in [0.2, 0.25) is 5.91 Å². The van der Waals surface area contributed by atoms with Crippen molar-refractivity contribution in [2.24, 2.45) is 0 Å². The van der Waals surface area contributed by atoms with E-state index in [1.165, 1.54) is 11.1 Å². The zero-order chi connectivity index (χ0) is 12.5. The first-order chi connectivity index (χ1) is 8.04. The number of rotatable bonds is 3. The molecule has 0 saturated heterocycles. The Morgan fingerprint density at radius 1 is 1.41 bits per heavy atom. The summed E-state index contributed by atoms with van der Waals surface area (Å²) in [5, 5.41) is 5.96. The van der Waals surface area contributed by atoms with Crippen molar-refractivity contribution >= 4 is 5.91 Å². The Morgan fingerprint density at radius 2 is 2.12 bits per heavy atom. The zero-order valence-electron chi connectivity index (χ0n) is 10.7. The Bertz CT molecular complexity index is 426. The van der Waals surface area contributed by atoms with Gasteiger partial charge in [-0.05, 0) is 30.0 Å². The maximum absolute atomic E-state index is 11.6. The van der Waals surface area contributed by atoms with Gasteiger partial charge in [-0.25, -0.2) is 0 Å². The first-order valence-electron chi connectivity index (χ1n) is 6.08. The van der Waals surface area contributed by atoms with Crippen LogP contribution < -0.4 is 10.6 Å². The molecule has 17 heavy (non-hydrogen) atoms. The Hall–Kier alpha value is -1.35. The molecular formula is C14H20N2O. The summed E-state index contributed by atoms with van der Waals surface area (Å²) < 4.78 is 0. The fourth-order valence-corrected chi connectivity index (χ4v) is 2.68. The van der Waals surface area contributed by atoms with Crippen molar-refractivity contribution in [1.29, 1.82) is 0 Å². The molecule has 0 spiro atoms. The molecule has 0 radical (unpaired) electrons. The van der Waals surface area contributed by atoms with Gasteiger partial charge in [-0.15, -0.1) is 0 Å². The number of fused-ring (bicyclic) bond motifs is 1. The largest absolute Gasteiger partial charge is 0.348 e. The highest BCUT2D eigenvalue weighted by Gasteiger charge is 2.36. The lowest BCUT2D eigenvalue weighted by Crippen LogP contribution is -2.34. The van der Waals surface area contributed by atoms with Crippen LogP contribution in [0, 0.1) is 0 Å². The van der Waals surface area contributed by atoms with Crippen molar-refractivity contribution in [3.05, 3.63) is 35.4 Å². The van der Waals surface area contributed by atoms with Crippen LogP contribution in [0.15, 0.2) is 24.3 Å². The first-order valence-corrected chi connectivity index (χ1v) is 6.08. The van der Waals surface area contributed by atoms with Crippen molar-refractivity contribution in [3.63, 3.8) is 0 Å². The van der Waals surface area contributed by atoms with Gasteiger partial charge < -0.3 is 10.6 Å². The number of likely N-dealkylation sites (N-methyl/N-ethyl adjacent to an activating group) is 1. The molecule has 0 bridgehead atoms. The lowest BCUT2D eigenvalue weighted by atomic mass is 9.86. The van der Waals surface area contributed by atoms with E-state index < -0.39 is 0 Å². The smallest absolute Gasteiger partial charge is 0.234 e. The quantitative estimate of drug-likeness (QED) is 0.833. The Kier molecular flexibility index (Phi) is 3.20. The maximum atomic E-state index is 11.6. The maximum Gasteiger partial charge on any atom is 0.234 e. The van der Waals surface area contributed by atoms with Crippen LogP contribution in [-0.2, 0) is 10.2 Å². The number of carbonyl (C=O) groups excluding carboxylic acids is 1. The zero-order valence-corrected chi connectivity index (χ0v) is 10.7. The van der Waals surface area contributed by atoms with Gasteiger partial charge in [0.1, 0.15) is 0 Å². The van der Waals surface area contributed by atoms with E-state index in [9.17, 15) is 4.79 Å². The minimum atomic E-state index is 0.0602. The summed E-state index contributed by atoms with van der Waals surface area (Å²) in [6.07, 6.45) is 0.974. The first kappa shape index (κ1) is 12.1. The normalized spacial score (nSPS) is 21.0. The van der Waals surface area contributed by atoms with Crippen molar-refractivity contribution in [3.8, 4) is 0 Å². The molecule has 1 amide bonds. The van der Waals surface area contributed by atoms with E-state index in [1.807, 2.05) is 6.07 Å². The summed E-state index contributed by atoms with van der Waals surface area (Å²) in [6, 6.07) is 8.55. The molecule has 1 aromatic rings. The van der Waals surface area contributed by atoms with Crippen molar-refractivity contribution in [2.45, 2.75) is 31.7 Å². The van der Waals surface area contributed by atoms with Gasteiger partial charge in [-0.1, -0.05) is 38.1 Å². The molecule has 1 atom stereocenters. The molecule has 1 unspecified atom stereocenters. The highest BCUT2D eigenvalue weighted by molar-refractivity contribution is 5.78. The van der Waals surface area contributed by atoms with Gasteiger partial charge in [0.05, 0.1) is 12.6 Å². The van der Waals surface area contributed by atoms with Crippen LogP contribution >= 0.6 is 0 Å². The minimum Gasteiger partial charge on any atom is -0.348 e. The molecule has 3 heteroatoms. The van der Waals surface area contributed by atoms with Crippen LogP contribution in [0.25, 0.3) is 0 Å². The number of hydrogen-bond donors (Lipinski definition) is 2. The molecule has 0 aromatic heterocycles. The predicted octanol–water partition coefficient (Wildman–Crippen LogP) is 1.74. The summed E-state index contributed by atoms with van der Waals surface area (Å²) in [6.45, 7) is 4.84. The number of hydrogen-bond acceptors (Lipinski definition) is 2. The molecule has 0 saturated carbocycles. The summed E-state index contributed by atoms with van der Waals surface area (Å²) >= 11 is 0. The molecule has 2 rings (SSSR count). The Labute approximate surface area is 103 Å². The summed E-state index contributed by atoms with van der Waals surface area (Å²) in [5.41, 5.74) is 2.77. The summed E-state index contributed by atoms with van der Waals surface area (Å²) in [4.78, 5) is 11.6. The predicted molar refractivity (Wildman–Crippen MR) is 68.9 cm³/mol. The summed E-state index contributed by atoms with van der Waals surface area (Å²) in [5.74, 6) is 0.0602. The molecular weight excluding hydrogens is 212 g/mol. The van der Waals surface area contributed by atoms with E-state index in [0.717, 1.165) is 6.42 Å². The molecule has 0 heterocycles. The van der Waals surface area contributed by atoms with Crippen LogP contribution in [0.5, 0.6) is 0 Å². The Balaban J connectivity index is 2.20. The molecule has 1 aromatic carbocycles. The second-order valence-electron chi connectivity index (χ2n) is 5.33. The molecule has 1 aliphatic rings. The average Bonchev–Trinajstić information content (AvgIpc) is 2.52. The van der Waals surface area contributed by atoms with Crippen LogP contribution in [-0.4, -0.2) is 19.5 Å². The lowest BCUT2D eigenvalue weighted by molar-refractivity contribution is -0.120. The molecule has 92 valence electrons. The van der Waals surface area contributed by atoms with Gasteiger partial charge in [0.15, 0.2) is 0 Å². The monoisotopic (exact) mass is 232 g/mol. The summed E-state index contributed by atoms with van der Waals surface area (Å²) in [7, 11) is 1.78. The van der Waals surface area contributed by atoms with E-state index in [1.54, 1.807) is 7.05 Å². The molecule has 2 N–H and O–H groups in total. The van der Waals surface area contributed by atoms with Crippen LogP contribution in [0.3, 0.4) is 0 Å². The Morgan fingerprint density at radius 3 is 2.82 bits per heavy atom. The van der Waals surface area contributed by atoms with Crippen LogP contribution in [0.4, 0.5) is 0 Å². The third-order valence-corrected chi connectivity index (χ3v) is 3.45.